The van der Waals surface area contributed by atoms with E-state index in [1.54, 1.807) is 0 Å². The summed E-state index contributed by atoms with van der Waals surface area (Å²) in [6, 6.07) is 12.6. The first-order chi connectivity index (χ1) is 9.26. The summed E-state index contributed by atoms with van der Waals surface area (Å²) in [5, 5.41) is 15.3. The van der Waals surface area contributed by atoms with Gasteiger partial charge in [-0.25, -0.2) is 0 Å². The molecule has 0 aliphatic heterocycles. The number of halogens is 1. The Bertz CT molecular complexity index is 541. The van der Waals surface area contributed by atoms with Crippen molar-refractivity contribution in [2.24, 2.45) is 0 Å². The van der Waals surface area contributed by atoms with Crippen molar-refractivity contribution in [1.29, 1.82) is 0 Å². The Kier molecular flexibility index (Phi) is 5.06. The van der Waals surface area contributed by atoms with Crippen molar-refractivity contribution in [3.8, 4) is 0 Å². The zero-order valence-corrected chi connectivity index (χ0v) is 12.0. The fraction of sp³-hybridized carbons (Fsp3) is 0.375. The van der Waals surface area contributed by atoms with Gasteiger partial charge in [-0.1, -0.05) is 43.7 Å². The number of hydrogen-bond acceptors (Lipinski definition) is 2. The van der Waals surface area contributed by atoms with Gasteiger partial charge in [-0.15, -0.1) is 11.6 Å². The Morgan fingerprint density at radius 1 is 1.16 bits per heavy atom. The van der Waals surface area contributed by atoms with Gasteiger partial charge in [0.25, 0.3) is 0 Å². The molecule has 19 heavy (non-hydrogen) atoms. The predicted molar refractivity (Wildman–Crippen MR) is 83.2 cm³/mol. The molecule has 0 spiro atoms. The molecule has 2 nitrogen and oxygen atoms in total. The third kappa shape index (κ3) is 3.40. The van der Waals surface area contributed by atoms with Crippen molar-refractivity contribution in [3.05, 3.63) is 42.0 Å². The van der Waals surface area contributed by atoms with E-state index in [4.69, 9.17) is 11.6 Å². The largest absolute Gasteiger partial charge is 0.390 e. The van der Waals surface area contributed by atoms with Crippen LogP contribution in [0, 0.1) is 0 Å². The van der Waals surface area contributed by atoms with Crippen LogP contribution in [-0.4, -0.2) is 23.6 Å². The van der Waals surface area contributed by atoms with Crippen LogP contribution in [0.3, 0.4) is 0 Å². The molecule has 0 aliphatic rings. The number of fused-ring (bicyclic) bond motifs is 1. The van der Waals surface area contributed by atoms with Crippen LogP contribution < -0.4 is 5.32 Å². The van der Waals surface area contributed by atoms with E-state index in [9.17, 15) is 5.11 Å². The molecule has 0 heterocycles. The average molecular weight is 278 g/mol. The van der Waals surface area contributed by atoms with Crippen LogP contribution in [0.4, 0.5) is 5.69 Å². The number of rotatable bonds is 6. The average Bonchev–Trinajstić information content (AvgIpc) is 2.46. The molecular formula is C16H20ClNO. The van der Waals surface area contributed by atoms with Gasteiger partial charge in [0.1, 0.15) is 0 Å². The van der Waals surface area contributed by atoms with E-state index in [-0.39, 0.29) is 5.88 Å². The van der Waals surface area contributed by atoms with Crippen molar-refractivity contribution in [2.45, 2.75) is 25.9 Å². The van der Waals surface area contributed by atoms with Gasteiger partial charge < -0.3 is 10.4 Å². The molecule has 1 unspecified atom stereocenters. The smallest absolute Gasteiger partial charge is 0.0847 e. The summed E-state index contributed by atoms with van der Waals surface area (Å²) >= 11 is 5.61. The first-order valence-electron chi connectivity index (χ1n) is 6.74. The van der Waals surface area contributed by atoms with Crippen molar-refractivity contribution < 1.29 is 5.11 Å². The molecule has 0 saturated carbocycles. The van der Waals surface area contributed by atoms with Crippen molar-refractivity contribution in [1.82, 2.24) is 0 Å². The standard InChI is InChI=1S/C16H20ClNO/c1-2-5-12-8-9-16(18-11-13(19)10-17)15-7-4-3-6-14(12)15/h3-4,6-9,13,18-19H,2,5,10-11H2,1H3. The molecule has 0 radical (unpaired) electrons. The lowest BCUT2D eigenvalue weighted by Crippen LogP contribution is -2.20. The molecule has 0 aromatic heterocycles. The summed E-state index contributed by atoms with van der Waals surface area (Å²) in [5.41, 5.74) is 2.43. The van der Waals surface area contributed by atoms with E-state index < -0.39 is 6.10 Å². The summed E-state index contributed by atoms with van der Waals surface area (Å²) in [6.07, 6.45) is 1.71. The third-order valence-corrected chi connectivity index (χ3v) is 3.60. The van der Waals surface area contributed by atoms with Gasteiger partial charge in [0.15, 0.2) is 0 Å². The molecule has 3 heteroatoms. The summed E-state index contributed by atoms with van der Waals surface area (Å²) < 4.78 is 0. The lowest BCUT2D eigenvalue weighted by atomic mass is 9.99. The van der Waals surface area contributed by atoms with Gasteiger partial charge in [-0.3, -0.25) is 0 Å². The molecule has 2 rings (SSSR count). The van der Waals surface area contributed by atoms with E-state index in [0.29, 0.717) is 6.54 Å². The van der Waals surface area contributed by atoms with Gasteiger partial charge in [-0.05, 0) is 23.4 Å². The Morgan fingerprint density at radius 2 is 1.89 bits per heavy atom. The van der Waals surface area contributed by atoms with Gasteiger partial charge in [-0.2, -0.15) is 0 Å². The van der Waals surface area contributed by atoms with Crippen LogP contribution in [-0.2, 0) is 6.42 Å². The monoisotopic (exact) mass is 277 g/mol. The summed E-state index contributed by atoms with van der Waals surface area (Å²) in [4.78, 5) is 0. The maximum atomic E-state index is 9.54. The van der Waals surface area contributed by atoms with Crippen LogP contribution in [0.25, 0.3) is 10.8 Å². The number of aliphatic hydroxyl groups is 1. The van der Waals surface area contributed by atoms with Crippen molar-refractivity contribution in [3.63, 3.8) is 0 Å². The van der Waals surface area contributed by atoms with E-state index in [1.807, 2.05) is 6.07 Å². The highest BCUT2D eigenvalue weighted by Crippen LogP contribution is 2.27. The van der Waals surface area contributed by atoms with Crippen LogP contribution >= 0.6 is 11.6 Å². The fourth-order valence-electron chi connectivity index (χ4n) is 2.29. The van der Waals surface area contributed by atoms with Gasteiger partial charge >= 0.3 is 0 Å². The zero-order valence-electron chi connectivity index (χ0n) is 11.2. The van der Waals surface area contributed by atoms with Crippen molar-refractivity contribution >= 4 is 28.1 Å². The Hall–Kier alpha value is -1.25. The number of nitrogens with one attached hydrogen (secondary N) is 1. The second-order valence-corrected chi connectivity index (χ2v) is 5.07. The van der Waals surface area contributed by atoms with Crippen LogP contribution in [0.1, 0.15) is 18.9 Å². The molecular weight excluding hydrogens is 258 g/mol. The van der Waals surface area contributed by atoms with Crippen LogP contribution in [0.15, 0.2) is 36.4 Å². The maximum Gasteiger partial charge on any atom is 0.0847 e. The molecule has 2 N–H and O–H groups in total. The Morgan fingerprint density at radius 3 is 2.58 bits per heavy atom. The number of aliphatic hydroxyl groups excluding tert-OH is 1. The number of alkyl halides is 1. The van der Waals surface area contributed by atoms with Crippen molar-refractivity contribution in [2.75, 3.05) is 17.7 Å². The zero-order chi connectivity index (χ0) is 13.7. The van der Waals surface area contributed by atoms with E-state index in [1.165, 1.54) is 16.3 Å². The van der Waals surface area contributed by atoms with E-state index in [2.05, 4.69) is 42.6 Å². The minimum atomic E-state index is -0.518. The maximum absolute atomic E-state index is 9.54. The molecule has 0 bridgehead atoms. The highest BCUT2D eigenvalue weighted by Gasteiger charge is 2.07. The lowest BCUT2D eigenvalue weighted by molar-refractivity contribution is 0.211. The molecule has 2 aromatic carbocycles. The lowest BCUT2D eigenvalue weighted by Gasteiger charge is -2.14. The third-order valence-electron chi connectivity index (χ3n) is 3.24. The second-order valence-electron chi connectivity index (χ2n) is 4.76. The number of benzene rings is 2. The molecule has 2 aromatic rings. The molecule has 0 aliphatic carbocycles. The number of hydrogen-bond donors (Lipinski definition) is 2. The summed E-state index contributed by atoms with van der Waals surface area (Å²) in [7, 11) is 0. The van der Waals surface area contributed by atoms with E-state index in [0.717, 1.165) is 18.5 Å². The Labute approximate surface area is 119 Å². The molecule has 0 saturated heterocycles. The van der Waals surface area contributed by atoms with Crippen LogP contribution in [0.2, 0.25) is 0 Å². The highest BCUT2D eigenvalue weighted by molar-refractivity contribution is 6.18. The highest BCUT2D eigenvalue weighted by atomic mass is 35.5. The SMILES string of the molecule is CCCc1ccc(NCC(O)CCl)c2ccccc12. The minimum Gasteiger partial charge on any atom is -0.390 e. The normalized spacial score (nSPS) is 12.6. The van der Waals surface area contributed by atoms with Gasteiger partial charge in [0.2, 0.25) is 0 Å². The molecule has 0 fully saturated rings. The van der Waals surface area contributed by atoms with Gasteiger partial charge in [0, 0.05) is 17.6 Å². The summed E-state index contributed by atoms with van der Waals surface area (Å²) in [5.74, 6) is 0.249. The number of aryl methyl sites for hydroxylation is 1. The number of anilines is 1. The van der Waals surface area contributed by atoms with Crippen LogP contribution in [0.5, 0.6) is 0 Å². The van der Waals surface area contributed by atoms with Gasteiger partial charge in [0.05, 0.1) is 12.0 Å². The quantitative estimate of drug-likeness (QED) is 0.787. The second kappa shape index (κ2) is 6.78. The predicted octanol–water partition coefficient (Wildman–Crippen LogP) is 3.80. The first-order valence-corrected chi connectivity index (χ1v) is 7.28. The topological polar surface area (TPSA) is 32.3 Å². The minimum absolute atomic E-state index is 0.249. The molecule has 0 amide bonds. The first kappa shape index (κ1) is 14.2. The summed E-state index contributed by atoms with van der Waals surface area (Å²) in [6.45, 7) is 2.67. The fourth-order valence-corrected chi connectivity index (χ4v) is 2.39. The Balaban J connectivity index is 2.32. The van der Waals surface area contributed by atoms with E-state index >= 15 is 0 Å². The molecule has 1 atom stereocenters. The molecule has 102 valence electrons.